The highest BCUT2D eigenvalue weighted by atomic mass is 19.1. The molecule has 2 aromatic rings. The van der Waals surface area contributed by atoms with Gasteiger partial charge in [0.25, 0.3) is 0 Å². The van der Waals surface area contributed by atoms with Gasteiger partial charge < -0.3 is 5.73 Å². The van der Waals surface area contributed by atoms with Crippen molar-refractivity contribution in [2.24, 2.45) is 5.73 Å². The molecule has 0 bridgehead atoms. The summed E-state index contributed by atoms with van der Waals surface area (Å²) in [7, 11) is 0. The van der Waals surface area contributed by atoms with Crippen molar-refractivity contribution >= 4 is 0 Å². The molecule has 0 aliphatic heterocycles. The van der Waals surface area contributed by atoms with Gasteiger partial charge in [0.1, 0.15) is 5.82 Å². The topological polar surface area (TPSA) is 26.0 Å². The van der Waals surface area contributed by atoms with Crippen LogP contribution < -0.4 is 5.73 Å². The molecule has 100 valence electrons. The zero-order valence-electron chi connectivity index (χ0n) is 11.5. The van der Waals surface area contributed by atoms with Crippen molar-refractivity contribution in [3.63, 3.8) is 0 Å². The molecule has 0 spiro atoms. The number of aryl methyl sites for hydroxylation is 2. The minimum absolute atomic E-state index is 0.154. The SMILES string of the molecule is Cc1ccc(C(CCN)c2ccc(F)c(C)c2)cc1. The van der Waals surface area contributed by atoms with Crippen LogP contribution in [0.5, 0.6) is 0 Å². The molecule has 0 aromatic heterocycles. The minimum Gasteiger partial charge on any atom is -0.330 e. The van der Waals surface area contributed by atoms with Gasteiger partial charge in [-0.25, -0.2) is 4.39 Å². The van der Waals surface area contributed by atoms with Gasteiger partial charge in [-0.15, -0.1) is 0 Å². The molecule has 1 nitrogen and oxygen atoms in total. The van der Waals surface area contributed by atoms with Crippen molar-refractivity contribution in [1.29, 1.82) is 0 Å². The fourth-order valence-corrected chi connectivity index (χ4v) is 2.38. The van der Waals surface area contributed by atoms with Gasteiger partial charge in [0, 0.05) is 5.92 Å². The Morgan fingerprint density at radius 2 is 1.63 bits per heavy atom. The molecule has 0 heterocycles. The predicted octanol–water partition coefficient (Wildman–Crippen LogP) is 3.92. The second-order valence-electron chi connectivity index (χ2n) is 5.05. The van der Waals surface area contributed by atoms with Crippen molar-refractivity contribution in [3.8, 4) is 0 Å². The lowest BCUT2D eigenvalue weighted by atomic mass is 9.87. The third-order valence-corrected chi connectivity index (χ3v) is 3.52. The quantitative estimate of drug-likeness (QED) is 0.882. The fourth-order valence-electron chi connectivity index (χ4n) is 2.38. The number of hydrogen-bond donors (Lipinski definition) is 1. The maximum absolute atomic E-state index is 13.4. The van der Waals surface area contributed by atoms with E-state index in [1.165, 1.54) is 11.1 Å². The third kappa shape index (κ3) is 3.21. The Balaban J connectivity index is 2.38. The lowest BCUT2D eigenvalue weighted by Gasteiger charge is -2.18. The van der Waals surface area contributed by atoms with Crippen LogP contribution in [0.15, 0.2) is 42.5 Å². The monoisotopic (exact) mass is 257 g/mol. The van der Waals surface area contributed by atoms with Gasteiger partial charge in [0.15, 0.2) is 0 Å². The number of halogens is 1. The summed E-state index contributed by atoms with van der Waals surface area (Å²) in [4.78, 5) is 0. The molecule has 0 amide bonds. The second-order valence-corrected chi connectivity index (χ2v) is 5.05. The molecule has 19 heavy (non-hydrogen) atoms. The van der Waals surface area contributed by atoms with Crippen LogP contribution in [0.2, 0.25) is 0 Å². The summed E-state index contributed by atoms with van der Waals surface area (Å²) in [6.07, 6.45) is 0.869. The Labute approximate surface area is 114 Å². The van der Waals surface area contributed by atoms with E-state index in [2.05, 4.69) is 31.2 Å². The highest BCUT2D eigenvalue weighted by Gasteiger charge is 2.14. The van der Waals surface area contributed by atoms with E-state index in [0.29, 0.717) is 12.1 Å². The fraction of sp³-hybridized carbons (Fsp3) is 0.294. The first kappa shape index (κ1) is 13.8. The maximum atomic E-state index is 13.4. The summed E-state index contributed by atoms with van der Waals surface area (Å²) in [6.45, 7) is 4.49. The first-order chi connectivity index (χ1) is 9.11. The first-order valence-electron chi connectivity index (χ1n) is 6.64. The Bertz CT molecular complexity index is 546. The van der Waals surface area contributed by atoms with E-state index in [0.717, 1.165) is 12.0 Å². The zero-order chi connectivity index (χ0) is 13.8. The number of benzene rings is 2. The average Bonchev–Trinajstić information content (AvgIpc) is 2.41. The number of nitrogens with two attached hydrogens (primary N) is 1. The van der Waals surface area contributed by atoms with Gasteiger partial charge in [-0.3, -0.25) is 0 Å². The molecule has 0 aliphatic carbocycles. The minimum atomic E-state index is -0.154. The largest absolute Gasteiger partial charge is 0.330 e. The smallest absolute Gasteiger partial charge is 0.126 e. The Kier molecular flexibility index (Phi) is 4.33. The van der Waals surface area contributed by atoms with E-state index in [1.807, 2.05) is 12.1 Å². The Hall–Kier alpha value is -1.67. The van der Waals surface area contributed by atoms with Gasteiger partial charge in [-0.1, -0.05) is 42.0 Å². The summed E-state index contributed by atoms with van der Waals surface area (Å²) < 4.78 is 13.4. The lowest BCUT2D eigenvalue weighted by Crippen LogP contribution is -2.09. The van der Waals surface area contributed by atoms with E-state index < -0.39 is 0 Å². The van der Waals surface area contributed by atoms with Gasteiger partial charge in [0.05, 0.1) is 0 Å². The van der Waals surface area contributed by atoms with E-state index in [9.17, 15) is 4.39 Å². The van der Waals surface area contributed by atoms with E-state index in [4.69, 9.17) is 5.73 Å². The molecule has 0 saturated carbocycles. The Morgan fingerprint density at radius 1 is 1.00 bits per heavy atom. The zero-order valence-corrected chi connectivity index (χ0v) is 11.5. The highest BCUT2D eigenvalue weighted by Crippen LogP contribution is 2.29. The summed E-state index contributed by atoms with van der Waals surface area (Å²) in [5.41, 5.74) is 10.0. The third-order valence-electron chi connectivity index (χ3n) is 3.52. The van der Waals surface area contributed by atoms with Crippen LogP contribution in [0.4, 0.5) is 4.39 Å². The highest BCUT2D eigenvalue weighted by molar-refractivity contribution is 5.36. The number of rotatable bonds is 4. The van der Waals surface area contributed by atoms with Crippen molar-refractivity contribution in [2.45, 2.75) is 26.2 Å². The van der Waals surface area contributed by atoms with E-state index >= 15 is 0 Å². The first-order valence-corrected chi connectivity index (χ1v) is 6.64. The average molecular weight is 257 g/mol. The van der Waals surface area contributed by atoms with Crippen LogP contribution in [0.1, 0.15) is 34.6 Å². The standard InChI is InChI=1S/C17H20FN/c1-12-3-5-14(6-4-12)16(9-10-19)15-7-8-17(18)13(2)11-15/h3-8,11,16H,9-10,19H2,1-2H3. The molecular formula is C17H20FN. The summed E-state index contributed by atoms with van der Waals surface area (Å²) >= 11 is 0. The molecule has 2 N–H and O–H groups in total. The van der Waals surface area contributed by atoms with Gasteiger partial charge in [0.2, 0.25) is 0 Å². The molecule has 2 heteroatoms. The summed E-state index contributed by atoms with van der Waals surface area (Å²) in [5, 5.41) is 0. The second kappa shape index (κ2) is 5.98. The molecule has 0 aliphatic rings. The molecule has 1 unspecified atom stereocenters. The van der Waals surface area contributed by atoms with Gasteiger partial charge in [-0.2, -0.15) is 0 Å². The predicted molar refractivity (Wildman–Crippen MR) is 77.8 cm³/mol. The van der Waals surface area contributed by atoms with Crippen LogP contribution in [-0.4, -0.2) is 6.54 Å². The van der Waals surface area contributed by atoms with Crippen LogP contribution >= 0.6 is 0 Å². The number of hydrogen-bond acceptors (Lipinski definition) is 1. The van der Waals surface area contributed by atoms with Crippen molar-refractivity contribution in [1.82, 2.24) is 0 Å². The maximum Gasteiger partial charge on any atom is 0.126 e. The van der Waals surface area contributed by atoms with Crippen molar-refractivity contribution in [3.05, 3.63) is 70.5 Å². The molecule has 2 aromatic carbocycles. The van der Waals surface area contributed by atoms with Crippen molar-refractivity contribution < 1.29 is 4.39 Å². The lowest BCUT2D eigenvalue weighted by molar-refractivity contribution is 0.615. The van der Waals surface area contributed by atoms with Crippen LogP contribution in [0, 0.1) is 19.7 Å². The molecule has 2 rings (SSSR count). The molecule has 1 atom stereocenters. The summed E-state index contributed by atoms with van der Waals surface area (Å²) in [5.74, 6) is 0.0871. The van der Waals surface area contributed by atoms with Crippen LogP contribution in [-0.2, 0) is 0 Å². The molecular weight excluding hydrogens is 237 g/mol. The van der Waals surface area contributed by atoms with Crippen LogP contribution in [0.25, 0.3) is 0 Å². The Morgan fingerprint density at radius 3 is 2.21 bits per heavy atom. The molecule has 0 saturated heterocycles. The van der Waals surface area contributed by atoms with Gasteiger partial charge in [-0.05, 0) is 49.6 Å². The molecule has 0 fully saturated rings. The van der Waals surface area contributed by atoms with E-state index in [-0.39, 0.29) is 11.7 Å². The van der Waals surface area contributed by atoms with Crippen LogP contribution in [0.3, 0.4) is 0 Å². The normalized spacial score (nSPS) is 12.4. The van der Waals surface area contributed by atoms with Gasteiger partial charge >= 0.3 is 0 Å². The molecule has 0 radical (unpaired) electrons. The van der Waals surface area contributed by atoms with E-state index in [1.54, 1.807) is 13.0 Å². The summed E-state index contributed by atoms with van der Waals surface area (Å²) in [6, 6.07) is 13.8. The van der Waals surface area contributed by atoms with Crippen molar-refractivity contribution in [2.75, 3.05) is 6.54 Å².